The second-order valence-electron chi connectivity index (χ2n) is 10.3. The second-order valence-corrected chi connectivity index (χ2v) is 11.3. The monoisotopic (exact) mass is 689 g/mol. The summed E-state index contributed by atoms with van der Waals surface area (Å²) in [5.74, 6) is -2.93. The third kappa shape index (κ3) is 16.1. The van der Waals surface area contributed by atoms with Crippen molar-refractivity contribution in [1.29, 1.82) is 0 Å². The second kappa shape index (κ2) is 21.8. The molecular weight excluding hydrogens is 646 g/mol. The molecule has 0 fully saturated rings. The molecule has 0 spiro atoms. The van der Waals surface area contributed by atoms with Gasteiger partial charge in [0.1, 0.15) is 29.9 Å². The summed E-state index contributed by atoms with van der Waals surface area (Å²) < 4.78 is 0. The number of fused-ring (bicyclic) bond motifs is 1. The van der Waals surface area contributed by atoms with E-state index < -0.39 is 48.0 Å². The average molecular weight is 690 g/mol. The Kier molecular flexibility index (Phi) is 18.6. The lowest BCUT2D eigenvalue weighted by Crippen LogP contribution is -2.32. The molecule has 17 heteroatoms. The molecule has 262 valence electrons. The summed E-state index contributed by atoms with van der Waals surface area (Å²) in [5.41, 5.74) is 24.7. The smallest absolute Gasteiger partial charge is 0.320 e. The number of aromatic nitrogens is 3. The SMILES string of the molecule is CSCCC(N)C(=O)O.NC(Cc1c[nH]c2ccccc12)C(=O)O.NC(Cc1ccc(O)cc1)C(=O)O.NC(Cc1cnc[nH]1)C(=O)O. The van der Waals surface area contributed by atoms with E-state index in [4.69, 9.17) is 48.5 Å². The number of nitrogens with zero attached hydrogens (tertiary/aromatic N) is 1. The van der Waals surface area contributed by atoms with Gasteiger partial charge in [0.25, 0.3) is 0 Å². The number of rotatable bonds is 13. The number of benzene rings is 2. The molecule has 0 aliphatic carbocycles. The molecule has 0 radical (unpaired) electrons. The van der Waals surface area contributed by atoms with Crippen molar-refractivity contribution >= 4 is 46.5 Å². The number of imidazole rings is 1. The number of hydrogen-bond acceptors (Lipinski definition) is 11. The van der Waals surface area contributed by atoms with Crippen LogP contribution in [0.25, 0.3) is 10.9 Å². The average Bonchev–Trinajstić information content (AvgIpc) is 3.72. The molecule has 2 aromatic heterocycles. The number of para-hydroxylation sites is 1. The molecule has 0 saturated carbocycles. The van der Waals surface area contributed by atoms with Crippen LogP contribution in [0.3, 0.4) is 0 Å². The summed E-state index contributed by atoms with van der Waals surface area (Å²) in [7, 11) is 0. The first-order valence-electron chi connectivity index (χ1n) is 14.4. The number of aromatic hydroxyl groups is 1. The lowest BCUT2D eigenvalue weighted by molar-refractivity contribution is -0.139. The molecule has 4 rings (SSSR count). The van der Waals surface area contributed by atoms with Crippen molar-refractivity contribution in [2.75, 3.05) is 12.0 Å². The van der Waals surface area contributed by atoms with E-state index in [1.807, 2.05) is 36.7 Å². The van der Waals surface area contributed by atoms with E-state index in [1.165, 1.54) is 18.5 Å². The molecule has 0 aliphatic heterocycles. The molecule has 48 heavy (non-hydrogen) atoms. The van der Waals surface area contributed by atoms with Gasteiger partial charge in [0.15, 0.2) is 0 Å². The van der Waals surface area contributed by atoms with E-state index in [-0.39, 0.29) is 18.6 Å². The highest BCUT2D eigenvalue weighted by Gasteiger charge is 2.15. The van der Waals surface area contributed by atoms with Crippen molar-refractivity contribution in [3.63, 3.8) is 0 Å². The number of carboxylic acid groups (broad SMARTS) is 4. The molecule has 15 N–H and O–H groups in total. The fraction of sp³-hybridized carbons (Fsp3) is 0.323. The first-order chi connectivity index (χ1) is 22.7. The van der Waals surface area contributed by atoms with Crippen LogP contribution >= 0.6 is 11.8 Å². The maximum atomic E-state index is 10.6. The number of hydrogen-bond donors (Lipinski definition) is 11. The Labute approximate surface area is 280 Å². The number of aromatic amines is 2. The number of thioether (sulfide) groups is 1. The zero-order chi connectivity index (χ0) is 36.2. The third-order valence-electron chi connectivity index (χ3n) is 6.40. The lowest BCUT2D eigenvalue weighted by Gasteiger charge is -2.05. The van der Waals surface area contributed by atoms with Crippen molar-refractivity contribution in [2.45, 2.75) is 49.9 Å². The van der Waals surface area contributed by atoms with Crippen LogP contribution < -0.4 is 22.9 Å². The van der Waals surface area contributed by atoms with E-state index in [0.717, 1.165) is 33.5 Å². The summed E-state index contributed by atoms with van der Waals surface area (Å²) in [6.45, 7) is 0. The van der Waals surface area contributed by atoms with Gasteiger partial charge in [-0.25, -0.2) is 4.98 Å². The molecule has 2 aromatic carbocycles. The summed E-state index contributed by atoms with van der Waals surface area (Å²) in [5, 5.41) is 43.9. The van der Waals surface area contributed by atoms with Gasteiger partial charge in [-0.1, -0.05) is 30.3 Å². The van der Waals surface area contributed by atoms with Gasteiger partial charge < -0.3 is 58.4 Å². The van der Waals surface area contributed by atoms with Gasteiger partial charge in [0, 0.05) is 41.8 Å². The van der Waals surface area contributed by atoms with Gasteiger partial charge in [0.05, 0.1) is 6.33 Å². The van der Waals surface area contributed by atoms with E-state index in [9.17, 15) is 19.2 Å². The number of phenols is 1. The Morgan fingerprint density at radius 1 is 0.750 bits per heavy atom. The number of phenolic OH excluding ortho intramolecular Hbond substituents is 1. The Morgan fingerprint density at radius 2 is 1.29 bits per heavy atom. The van der Waals surface area contributed by atoms with Crippen molar-refractivity contribution in [3.05, 3.63) is 84.1 Å². The Morgan fingerprint density at radius 3 is 1.81 bits per heavy atom. The van der Waals surface area contributed by atoms with Crippen molar-refractivity contribution < 1.29 is 44.7 Å². The van der Waals surface area contributed by atoms with E-state index in [1.54, 1.807) is 30.1 Å². The highest BCUT2D eigenvalue weighted by Crippen LogP contribution is 2.18. The van der Waals surface area contributed by atoms with Gasteiger partial charge in [-0.3, -0.25) is 19.2 Å². The largest absolute Gasteiger partial charge is 0.508 e. The highest BCUT2D eigenvalue weighted by molar-refractivity contribution is 7.98. The van der Waals surface area contributed by atoms with Gasteiger partial charge in [-0.15, -0.1) is 0 Å². The van der Waals surface area contributed by atoms with Crippen LogP contribution in [0.1, 0.15) is 23.2 Å². The summed E-state index contributed by atoms with van der Waals surface area (Å²) in [6, 6.07) is 10.8. The first kappa shape index (κ1) is 41.1. The Hall–Kier alpha value is -4.94. The molecule has 0 aliphatic rings. The lowest BCUT2D eigenvalue weighted by atomic mass is 10.1. The number of carbonyl (C=O) groups is 4. The van der Waals surface area contributed by atoms with Crippen LogP contribution in [-0.2, 0) is 38.4 Å². The molecule has 4 atom stereocenters. The summed E-state index contributed by atoms with van der Waals surface area (Å²) >= 11 is 1.60. The molecule has 0 bridgehead atoms. The van der Waals surface area contributed by atoms with Gasteiger partial charge in [0.2, 0.25) is 0 Å². The molecule has 16 nitrogen and oxygen atoms in total. The van der Waals surface area contributed by atoms with Gasteiger partial charge in [-0.05, 0) is 54.2 Å². The van der Waals surface area contributed by atoms with Crippen LogP contribution in [-0.4, -0.2) is 101 Å². The number of nitrogens with one attached hydrogen (secondary N) is 2. The van der Waals surface area contributed by atoms with E-state index in [2.05, 4.69) is 15.0 Å². The molecule has 0 amide bonds. The minimum Gasteiger partial charge on any atom is -0.508 e. The Balaban J connectivity index is 0.000000326. The number of carboxylic acids is 4. The summed E-state index contributed by atoms with van der Waals surface area (Å²) in [6.07, 6.45) is 8.25. The van der Waals surface area contributed by atoms with E-state index >= 15 is 0 Å². The minimum atomic E-state index is -1.02. The third-order valence-corrected chi connectivity index (χ3v) is 7.05. The van der Waals surface area contributed by atoms with Crippen molar-refractivity contribution in [2.24, 2.45) is 22.9 Å². The standard InChI is InChI=1S/C11H12N2O2.C9H11NO3.C6H9N3O2.C5H11NO2S/c12-9(11(14)15)5-7-6-13-10-4-2-1-3-8(7)10;10-8(9(12)13)5-6-1-3-7(11)4-2-6;7-5(6(10)11)1-4-2-8-3-9-4;1-9-3-2-4(6)5(7)8/h1-4,6,9,13H,5,12H2,(H,14,15);1-4,8,11H,5,10H2,(H,12,13);2-3,5H,1,7H2,(H,8,9)(H,10,11);4H,2-3,6H2,1H3,(H,7,8). The number of nitrogens with two attached hydrogens (primary N) is 4. The molecule has 4 aromatic rings. The van der Waals surface area contributed by atoms with Crippen LogP contribution in [0, 0.1) is 0 Å². The number of H-pyrrole nitrogens is 2. The zero-order valence-corrected chi connectivity index (χ0v) is 27.0. The quantitative estimate of drug-likeness (QED) is 0.0932. The van der Waals surface area contributed by atoms with Crippen LogP contribution in [0.5, 0.6) is 5.75 Å². The summed E-state index contributed by atoms with van der Waals surface area (Å²) in [4.78, 5) is 50.9. The maximum absolute atomic E-state index is 10.6. The van der Waals surface area contributed by atoms with Crippen molar-refractivity contribution in [1.82, 2.24) is 15.0 Å². The Bertz CT molecular complexity index is 1550. The van der Waals surface area contributed by atoms with Crippen LogP contribution in [0.15, 0.2) is 67.3 Å². The molecule has 4 unspecified atom stereocenters. The van der Waals surface area contributed by atoms with Crippen LogP contribution in [0.4, 0.5) is 0 Å². The fourth-order valence-corrected chi connectivity index (χ4v) is 4.18. The zero-order valence-electron chi connectivity index (χ0n) is 26.2. The van der Waals surface area contributed by atoms with Gasteiger partial charge in [-0.2, -0.15) is 11.8 Å². The maximum Gasteiger partial charge on any atom is 0.320 e. The normalized spacial score (nSPS) is 12.8. The topological polar surface area (TPSA) is 318 Å². The first-order valence-corrected chi connectivity index (χ1v) is 15.8. The van der Waals surface area contributed by atoms with Gasteiger partial charge >= 0.3 is 23.9 Å². The molecular formula is C31H43N7O9S. The van der Waals surface area contributed by atoms with Crippen LogP contribution in [0.2, 0.25) is 0 Å². The van der Waals surface area contributed by atoms with Crippen molar-refractivity contribution in [3.8, 4) is 5.75 Å². The predicted octanol–water partition coefficient (Wildman–Crippen LogP) is 0.984. The van der Waals surface area contributed by atoms with E-state index in [0.29, 0.717) is 12.8 Å². The fourth-order valence-electron chi connectivity index (χ4n) is 3.69. The molecule has 0 saturated heterocycles. The molecule has 2 heterocycles. The predicted molar refractivity (Wildman–Crippen MR) is 182 cm³/mol. The highest BCUT2D eigenvalue weighted by atomic mass is 32.2. The number of aliphatic carboxylic acids is 4. The minimum absolute atomic E-state index is 0.160.